The number of nitrogens with zero attached hydrogens (tertiary/aromatic N) is 4. The van der Waals surface area contributed by atoms with Gasteiger partial charge in [-0.15, -0.1) is 0 Å². The van der Waals surface area contributed by atoms with Gasteiger partial charge in [0, 0.05) is 50.9 Å². The zero-order valence-corrected chi connectivity index (χ0v) is 15.8. The molecule has 0 aliphatic carbocycles. The highest BCUT2D eigenvalue weighted by Crippen LogP contribution is 2.27. The fraction of sp³-hybridized carbons (Fsp3) is 0.400. The van der Waals surface area contributed by atoms with E-state index >= 15 is 0 Å². The topological polar surface area (TPSA) is 95.9 Å². The number of aliphatic carboxylic acids is 1. The Balaban J connectivity index is 1.61. The van der Waals surface area contributed by atoms with Crippen molar-refractivity contribution < 1.29 is 19.4 Å². The second kappa shape index (κ2) is 9.16. The molecule has 1 aliphatic heterocycles. The highest BCUT2D eigenvalue weighted by atomic mass is 16.5. The van der Waals surface area contributed by atoms with E-state index in [2.05, 4.69) is 9.97 Å². The van der Waals surface area contributed by atoms with Crippen LogP contribution in [0.15, 0.2) is 42.7 Å². The molecule has 1 aliphatic rings. The van der Waals surface area contributed by atoms with Crippen molar-refractivity contribution in [3.63, 3.8) is 0 Å². The van der Waals surface area contributed by atoms with Crippen LogP contribution in [0.5, 0.6) is 5.75 Å². The fourth-order valence-corrected chi connectivity index (χ4v) is 3.34. The van der Waals surface area contributed by atoms with E-state index in [1.54, 1.807) is 42.6 Å². The third kappa shape index (κ3) is 4.97. The molecule has 2 aromatic rings. The Morgan fingerprint density at radius 1 is 1.07 bits per heavy atom. The minimum absolute atomic E-state index is 0.0318. The number of carbonyl (C=O) groups excluding carboxylic acids is 1. The standard InChI is InChI=1S/C20H24N4O4/c1-28-17-5-3-15(4-6-17)16(14-19(26)27)13-18(25)23-9-11-24(12-10-23)20-21-7-2-8-22-20/h2-8,16H,9-14H2,1H3,(H,26,27). The zero-order chi connectivity index (χ0) is 19.9. The highest BCUT2D eigenvalue weighted by molar-refractivity contribution is 5.79. The monoisotopic (exact) mass is 384 g/mol. The molecule has 1 N–H and O–H groups in total. The van der Waals surface area contributed by atoms with E-state index in [4.69, 9.17) is 4.74 Å². The molecule has 1 aromatic carbocycles. The van der Waals surface area contributed by atoms with Gasteiger partial charge in [0.15, 0.2) is 0 Å². The molecule has 1 saturated heterocycles. The Labute approximate surface area is 163 Å². The van der Waals surface area contributed by atoms with Gasteiger partial charge in [0.05, 0.1) is 13.5 Å². The summed E-state index contributed by atoms with van der Waals surface area (Å²) >= 11 is 0. The molecule has 148 valence electrons. The number of amides is 1. The average Bonchev–Trinajstić information content (AvgIpc) is 2.74. The molecule has 1 unspecified atom stereocenters. The number of hydrogen-bond acceptors (Lipinski definition) is 6. The number of anilines is 1. The Kier molecular flexibility index (Phi) is 6.41. The largest absolute Gasteiger partial charge is 0.497 e. The van der Waals surface area contributed by atoms with Gasteiger partial charge in [0.2, 0.25) is 11.9 Å². The van der Waals surface area contributed by atoms with Crippen molar-refractivity contribution in [2.24, 2.45) is 0 Å². The van der Waals surface area contributed by atoms with Gasteiger partial charge in [-0.05, 0) is 23.8 Å². The number of carboxylic acid groups (broad SMARTS) is 1. The second-order valence-corrected chi connectivity index (χ2v) is 6.69. The quantitative estimate of drug-likeness (QED) is 0.777. The predicted octanol–water partition coefficient (Wildman–Crippen LogP) is 1.78. The van der Waals surface area contributed by atoms with Crippen LogP contribution >= 0.6 is 0 Å². The highest BCUT2D eigenvalue weighted by Gasteiger charge is 2.26. The smallest absolute Gasteiger partial charge is 0.303 e. The van der Waals surface area contributed by atoms with E-state index in [0.29, 0.717) is 37.9 Å². The van der Waals surface area contributed by atoms with Crippen LogP contribution in [0.4, 0.5) is 5.95 Å². The summed E-state index contributed by atoms with van der Waals surface area (Å²) in [7, 11) is 1.58. The van der Waals surface area contributed by atoms with Crippen LogP contribution < -0.4 is 9.64 Å². The second-order valence-electron chi connectivity index (χ2n) is 6.69. The first kappa shape index (κ1) is 19.6. The van der Waals surface area contributed by atoms with Crippen molar-refractivity contribution in [2.45, 2.75) is 18.8 Å². The van der Waals surface area contributed by atoms with Gasteiger partial charge in [-0.3, -0.25) is 9.59 Å². The molecule has 0 radical (unpaired) electrons. The molecule has 2 heterocycles. The third-order valence-electron chi connectivity index (χ3n) is 4.90. The lowest BCUT2D eigenvalue weighted by molar-refractivity contribution is -0.138. The van der Waals surface area contributed by atoms with Gasteiger partial charge < -0.3 is 19.6 Å². The van der Waals surface area contributed by atoms with Gasteiger partial charge in [0.25, 0.3) is 0 Å². The number of carboxylic acids is 1. The minimum Gasteiger partial charge on any atom is -0.497 e. The van der Waals surface area contributed by atoms with E-state index in [9.17, 15) is 14.7 Å². The van der Waals surface area contributed by atoms with Crippen LogP contribution in [-0.2, 0) is 9.59 Å². The number of hydrogen-bond donors (Lipinski definition) is 1. The van der Waals surface area contributed by atoms with Crippen molar-refractivity contribution in [3.8, 4) is 5.75 Å². The van der Waals surface area contributed by atoms with Crippen molar-refractivity contribution in [1.82, 2.24) is 14.9 Å². The lowest BCUT2D eigenvalue weighted by Gasteiger charge is -2.35. The van der Waals surface area contributed by atoms with Gasteiger partial charge in [-0.2, -0.15) is 0 Å². The number of aromatic nitrogens is 2. The molecule has 28 heavy (non-hydrogen) atoms. The fourth-order valence-electron chi connectivity index (χ4n) is 3.34. The van der Waals surface area contributed by atoms with Gasteiger partial charge in [0.1, 0.15) is 5.75 Å². The number of ether oxygens (including phenoxy) is 1. The normalized spacial score (nSPS) is 15.2. The molecule has 3 rings (SSSR count). The molecule has 1 atom stereocenters. The van der Waals surface area contributed by atoms with E-state index in [1.807, 2.05) is 17.0 Å². The molecule has 0 bridgehead atoms. The third-order valence-corrected chi connectivity index (χ3v) is 4.90. The van der Waals surface area contributed by atoms with E-state index < -0.39 is 5.97 Å². The number of carbonyl (C=O) groups is 2. The maximum atomic E-state index is 12.8. The summed E-state index contributed by atoms with van der Waals surface area (Å²) in [4.78, 5) is 36.4. The molecule has 1 aromatic heterocycles. The lowest BCUT2D eigenvalue weighted by Crippen LogP contribution is -2.49. The summed E-state index contributed by atoms with van der Waals surface area (Å²) in [5.74, 6) is 0.0433. The van der Waals surface area contributed by atoms with Crippen LogP contribution in [-0.4, -0.2) is 65.1 Å². The number of piperazine rings is 1. The van der Waals surface area contributed by atoms with E-state index in [1.165, 1.54) is 0 Å². The van der Waals surface area contributed by atoms with E-state index in [0.717, 1.165) is 5.56 Å². The van der Waals surface area contributed by atoms with Gasteiger partial charge in [-0.25, -0.2) is 9.97 Å². The molecule has 1 fully saturated rings. The molecular weight excluding hydrogens is 360 g/mol. The summed E-state index contributed by atoms with van der Waals surface area (Å²) < 4.78 is 5.15. The molecular formula is C20H24N4O4. The van der Waals surface area contributed by atoms with Crippen LogP contribution in [0.25, 0.3) is 0 Å². The van der Waals surface area contributed by atoms with Gasteiger partial charge in [-0.1, -0.05) is 12.1 Å². The summed E-state index contributed by atoms with van der Waals surface area (Å²) in [5.41, 5.74) is 0.827. The number of benzene rings is 1. The van der Waals surface area contributed by atoms with Crippen LogP contribution in [0.3, 0.4) is 0 Å². The zero-order valence-electron chi connectivity index (χ0n) is 15.8. The van der Waals surface area contributed by atoms with Crippen LogP contribution in [0.2, 0.25) is 0 Å². The first-order chi connectivity index (χ1) is 13.6. The minimum atomic E-state index is -0.917. The molecule has 0 saturated carbocycles. The molecule has 8 nitrogen and oxygen atoms in total. The van der Waals surface area contributed by atoms with Crippen molar-refractivity contribution in [3.05, 3.63) is 48.3 Å². The maximum absolute atomic E-state index is 12.8. The van der Waals surface area contributed by atoms with Crippen LogP contribution in [0.1, 0.15) is 24.3 Å². The molecule has 1 amide bonds. The lowest BCUT2D eigenvalue weighted by atomic mass is 9.91. The Hall–Kier alpha value is -3.16. The maximum Gasteiger partial charge on any atom is 0.303 e. The van der Waals surface area contributed by atoms with Gasteiger partial charge >= 0.3 is 5.97 Å². The summed E-state index contributed by atoms with van der Waals surface area (Å²) in [5, 5.41) is 9.26. The average molecular weight is 384 g/mol. The predicted molar refractivity (Wildman–Crippen MR) is 103 cm³/mol. The summed E-state index contributed by atoms with van der Waals surface area (Å²) in [6, 6.07) is 8.99. The first-order valence-corrected chi connectivity index (χ1v) is 9.22. The first-order valence-electron chi connectivity index (χ1n) is 9.22. The van der Waals surface area contributed by atoms with Crippen LogP contribution in [0, 0.1) is 0 Å². The summed E-state index contributed by atoms with van der Waals surface area (Å²) in [6.45, 7) is 2.45. The number of methoxy groups -OCH3 is 1. The SMILES string of the molecule is COc1ccc(C(CC(=O)O)CC(=O)N2CCN(c3ncccn3)CC2)cc1. The van der Waals surface area contributed by atoms with Crippen molar-refractivity contribution in [2.75, 3.05) is 38.2 Å². The Morgan fingerprint density at radius 2 is 1.71 bits per heavy atom. The van der Waals surface area contributed by atoms with E-state index in [-0.39, 0.29) is 24.7 Å². The molecule has 8 heteroatoms. The number of rotatable bonds is 7. The Morgan fingerprint density at radius 3 is 2.29 bits per heavy atom. The Bertz CT molecular complexity index is 790. The van der Waals surface area contributed by atoms with Crippen molar-refractivity contribution in [1.29, 1.82) is 0 Å². The van der Waals surface area contributed by atoms with Crippen molar-refractivity contribution >= 4 is 17.8 Å². The molecule has 0 spiro atoms. The summed E-state index contributed by atoms with van der Waals surface area (Å²) in [6.07, 6.45) is 3.48.